The largest absolute Gasteiger partial charge is 0.325 e. The van der Waals surface area contributed by atoms with Crippen molar-refractivity contribution in [3.05, 3.63) is 59.7 Å². The molecule has 0 saturated carbocycles. The highest BCUT2D eigenvalue weighted by Gasteiger charge is 2.20. The maximum Gasteiger partial charge on any atom is 0.237 e. The van der Waals surface area contributed by atoms with Gasteiger partial charge in [-0.2, -0.15) is 4.68 Å². The van der Waals surface area contributed by atoms with E-state index < -0.39 is 0 Å². The van der Waals surface area contributed by atoms with Crippen LogP contribution in [0.25, 0.3) is 5.69 Å². The number of benzene rings is 2. The number of thioether (sulfide) groups is 1. The van der Waals surface area contributed by atoms with E-state index in [-0.39, 0.29) is 11.2 Å². The summed E-state index contributed by atoms with van der Waals surface area (Å²) < 4.78 is 1.68. The zero-order chi connectivity index (χ0) is 17.8. The van der Waals surface area contributed by atoms with E-state index in [9.17, 15) is 4.79 Å². The Hall–Kier alpha value is -2.67. The normalized spacial score (nSPS) is 12.0. The van der Waals surface area contributed by atoms with E-state index in [2.05, 4.69) is 20.8 Å². The molecule has 128 valence electrons. The number of tetrazole rings is 1. The fourth-order valence-corrected chi connectivity index (χ4v) is 3.15. The van der Waals surface area contributed by atoms with Crippen molar-refractivity contribution in [1.82, 2.24) is 20.2 Å². The smallest absolute Gasteiger partial charge is 0.237 e. The summed E-state index contributed by atoms with van der Waals surface area (Å²) in [5, 5.41) is 15.1. The number of anilines is 1. The molecule has 0 radical (unpaired) electrons. The van der Waals surface area contributed by atoms with Crippen molar-refractivity contribution in [3.8, 4) is 5.69 Å². The van der Waals surface area contributed by atoms with Crippen molar-refractivity contribution < 1.29 is 4.79 Å². The molecule has 25 heavy (non-hydrogen) atoms. The van der Waals surface area contributed by atoms with Gasteiger partial charge in [0.25, 0.3) is 0 Å². The van der Waals surface area contributed by atoms with Crippen molar-refractivity contribution >= 4 is 23.4 Å². The van der Waals surface area contributed by atoms with Crippen molar-refractivity contribution in [3.63, 3.8) is 0 Å². The van der Waals surface area contributed by atoms with E-state index in [1.54, 1.807) is 4.68 Å². The number of rotatable bonds is 5. The molecular formula is C18H19N5OS. The van der Waals surface area contributed by atoms with Crippen molar-refractivity contribution in [2.75, 3.05) is 5.32 Å². The van der Waals surface area contributed by atoms with Crippen LogP contribution in [-0.4, -0.2) is 31.4 Å². The Labute approximate surface area is 150 Å². The number of hydrogen-bond donors (Lipinski definition) is 1. The van der Waals surface area contributed by atoms with Crippen LogP contribution in [0.5, 0.6) is 0 Å². The minimum Gasteiger partial charge on any atom is -0.325 e. The van der Waals surface area contributed by atoms with E-state index in [1.807, 2.05) is 69.3 Å². The number of para-hydroxylation sites is 1. The van der Waals surface area contributed by atoms with Gasteiger partial charge in [0, 0.05) is 5.69 Å². The second kappa shape index (κ2) is 7.48. The maximum absolute atomic E-state index is 12.4. The molecule has 1 N–H and O–H groups in total. The van der Waals surface area contributed by atoms with Gasteiger partial charge in [-0.05, 0) is 60.5 Å². The highest BCUT2D eigenvalue weighted by Crippen LogP contribution is 2.26. The van der Waals surface area contributed by atoms with Gasteiger partial charge < -0.3 is 5.32 Å². The number of nitrogens with one attached hydrogen (secondary N) is 1. The minimum atomic E-state index is -0.338. The standard InChI is InChI=1S/C18H19N5OS/c1-12-8-7-11-16(13(12)2)23-18(20-21-22-23)25-14(3)17(24)19-15-9-5-4-6-10-15/h4-11,14H,1-3H3,(H,19,24)/t14-/m1/s1. The summed E-state index contributed by atoms with van der Waals surface area (Å²) in [6, 6.07) is 15.4. The number of amides is 1. The third-order valence-corrected chi connectivity index (χ3v) is 4.97. The summed E-state index contributed by atoms with van der Waals surface area (Å²) in [5.41, 5.74) is 3.97. The molecule has 1 amide bonds. The van der Waals surface area contributed by atoms with E-state index in [0.717, 1.165) is 16.9 Å². The second-order valence-corrected chi connectivity index (χ2v) is 7.02. The van der Waals surface area contributed by atoms with Gasteiger partial charge in [-0.1, -0.05) is 42.1 Å². The Balaban J connectivity index is 1.77. The van der Waals surface area contributed by atoms with E-state index in [0.29, 0.717) is 5.16 Å². The number of aromatic nitrogens is 4. The van der Waals surface area contributed by atoms with Gasteiger partial charge in [-0.15, -0.1) is 5.10 Å². The number of carbonyl (C=O) groups excluding carboxylic acids is 1. The predicted octanol–water partition coefficient (Wildman–Crippen LogP) is 3.40. The zero-order valence-corrected chi connectivity index (χ0v) is 15.1. The average Bonchev–Trinajstić information content (AvgIpc) is 3.06. The maximum atomic E-state index is 12.4. The van der Waals surface area contributed by atoms with Crippen LogP contribution < -0.4 is 5.32 Å². The van der Waals surface area contributed by atoms with Crippen LogP contribution >= 0.6 is 11.8 Å². The fraction of sp³-hybridized carbons (Fsp3) is 0.222. The third-order valence-electron chi connectivity index (χ3n) is 3.94. The first-order chi connectivity index (χ1) is 12.1. The molecule has 0 aliphatic heterocycles. The molecule has 7 heteroatoms. The molecule has 0 saturated heterocycles. The zero-order valence-electron chi connectivity index (χ0n) is 14.3. The number of aryl methyl sites for hydroxylation is 1. The predicted molar refractivity (Wildman–Crippen MR) is 99.0 cm³/mol. The van der Waals surface area contributed by atoms with Crippen LogP contribution in [0, 0.1) is 13.8 Å². The summed E-state index contributed by atoms with van der Waals surface area (Å²) in [7, 11) is 0. The van der Waals surface area contributed by atoms with Crippen LogP contribution in [0.15, 0.2) is 53.7 Å². The molecule has 3 rings (SSSR count). The first kappa shape index (κ1) is 17.2. The van der Waals surface area contributed by atoms with Crippen LogP contribution in [0.1, 0.15) is 18.1 Å². The van der Waals surface area contributed by atoms with E-state index in [1.165, 1.54) is 17.3 Å². The summed E-state index contributed by atoms with van der Waals surface area (Å²) in [4.78, 5) is 12.4. The van der Waals surface area contributed by atoms with E-state index in [4.69, 9.17) is 0 Å². The van der Waals surface area contributed by atoms with Crippen LogP contribution in [0.2, 0.25) is 0 Å². The Bertz CT molecular complexity index is 878. The van der Waals surface area contributed by atoms with E-state index >= 15 is 0 Å². The molecule has 1 atom stereocenters. The Morgan fingerprint density at radius 2 is 1.88 bits per heavy atom. The highest BCUT2D eigenvalue weighted by molar-refractivity contribution is 8.00. The summed E-state index contributed by atoms with van der Waals surface area (Å²) in [6.45, 7) is 5.92. The molecule has 0 aliphatic carbocycles. The monoisotopic (exact) mass is 353 g/mol. The molecule has 2 aromatic carbocycles. The second-order valence-electron chi connectivity index (χ2n) is 5.71. The quantitative estimate of drug-likeness (QED) is 0.712. The average molecular weight is 353 g/mol. The summed E-state index contributed by atoms with van der Waals surface area (Å²) in [6.07, 6.45) is 0. The number of carbonyl (C=O) groups is 1. The first-order valence-corrected chi connectivity index (χ1v) is 8.82. The van der Waals surface area contributed by atoms with Crippen LogP contribution in [-0.2, 0) is 4.79 Å². The Morgan fingerprint density at radius 1 is 1.12 bits per heavy atom. The molecule has 3 aromatic rings. The molecule has 6 nitrogen and oxygen atoms in total. The molecule has 0 unspecified atom stereocenters. The van der Waals surface area contributed by atoms with Crippen molar-refractivity contribution in [2.45, 2.75) is 31.2 Å². The Kier molecular flexibility index (Phi) is 5.14. The van der Waals surface area contributed by atoms with Crippen molar-refractivity contribution in [2.24, 2.45) is 0 Å². The summed E-state index contributed by atoms with van der Waals surface area (Å²) in [5.74, 6) is -0.0910. The van der Waals surface area contributed by atoms with Gasteiger partial charge in [-0.25, -0.2) is 0 Å². The van der Waals surface area contributed by atoms with Crippen LogP contribution in [0.3, 0.4) is 0 Å². The molecule has 0 aliphatic rings. The lowest BCUT2D eigenvalue weighted by Gasteiger charge is -2.13. The molecule has 0 bridgehead atoms. The lowest BCUT2D eigenvalue weighted by atomic mass is 10.1. The highest BCUT2D eigenvalue weighted by atomic mass is 32.2. The van der Waals surface area contributed by atoms with Gasteiger partial charge in [-0.3, -0.25) is 4.79 Å². The van der Waals surface area contributed by atoms with Crippen LogP contribution in [0.4, 0.5) is 5.69 Å². The van der Waals surface area contributed by atoms with Gasteiger partial charge >= 0.3 is 0 Å². The fourth-order valence-electron chi connectivity index (χ4n) is 2.35. The van der Waals surface area contributed by atoms with Gasteiger partial charge in [0.05, 0.1) is 10.9 Å². The van der Waals surface area contributed by atoms with Gasteiger partial charge in [0.15, 0.2) is 0 Å². The lowest BCUT2D eigenvalue weighted by molar-refractivity contribution is -0.115. The lowest BCUT2D eigenvalue weighted by Crippen LogP contribution is -2.22. The number of hydrogen-bond acceptors (Lipinski definition) is 5. The molecule has 1 heterocycles. The third kappa shape index (κ3) is 3.88. The van der Waals surface area contributed by atoms with Gasteiger partial charge in [0.1, 0.15) is 0 Å². The molecule has 0 spiro atoms. The molecule has 0 fully saturated rings. The SMILES string of the molecule is Cc1cccc(-n2nnnc2S[C@H](C)C(=O)Nc2ccccc2)c1C. The Morgan fingerprint density at radius 3 is 2.64 bits per heavy atom. The molecular weight excluding hydrogens is 334 g/mol. The minimum absolute atomic E-state index is 0.0910. The first-order valence-electron chi connectivity index (χ1n) is 7.94. The number of nitrogens with zero attached hydrogens (tertiary/aromatic N) is 4. The van der Waals surface area contributed by atoms with Gasteiger partial charge in [0.2, 0.25) is 11.1 Å². The molecule has 1 aromatic heterocycles. The summed E-state index contributed by atoms with van der Waals surface area (Å²) >= 11 is 1.33. The van der Waals surface area contributed by atoms with Crippen molar-refractivity contribution in [1.29, 1.82) is 0 Å². The topological polar surface area (TPSA) is 72.7 Å².